The predicted octanol–water partition coefficient (Wildman–Crippen LogP) is 3.05. The van der Waals surface area contributed by atoms with Crippen LogP contribution in [-0.2, 0) is 9.47 Å². The molecule has 1 aliphatic rings. The van der Waals surface area contributed by atoms with Crippen molar-refractivity contribution in [3.05, 3.63) is 35.9 Å². The molecule has 1 heterocycles. The van der Waals surface area contributed by atoms with Gasteiger partial charge in [-0.1, -0.05) is 32.0 Å². The molecule has 0 saturated carbocycles. The van der Waals surface area contributed by atoms with Crippen LogP contribution < -0.4 is 0 Å². The summed E-state index contributed by atoms with van der Waals surface area (Å²) >= 11 is 0. The summed E-state index contributed by atoms with van der Waals surface area (Å²) in [7, 11) is 0. The van der Waals surface area contributed by atoms with Crippen LogP contribution in [0.4, 0.5) is 0 Å². The highest BCUT2D eigenvalue weighted by Gasteiger charge is 2.31. The van der Waals surface area contributed by atoms with Gasteiger partial charge in [-0.05, 0) is 30.9 Å². The molecular formula is C15H20O3. The van der Waals surface area contributed by atoms with Gasteiger partial charge in [0, 0.05) is 0 Å². The van der Waals surface area contributed by atoms with Gasteiger partial charge in [0.25, 0.3) is 0 Å². The Morgan fingerprint density at radius 1 is 1.39 bits per heavy atom. The van der Waals surface area contributed by atoms with Gasteiger partial charge >= 0.3 is 5.97 Å². The zero-order valence-corrected chi connectivity index (χ0v) is 11.0. The monoisotopic (exact) mass is 248 g/mol. The van der Waals surface area contributed by atoms with Crippen LogP contribution in [0.15, 0.2) is 30.3 Å². The Labute approximate surface area is 108 Å². The van der Waals surface area contributed by atoms with Crippen LogP contribution in [0.1, 0.15) is 37.0 Å². The fraction of sp³-hybridized carbons (Fsp3) is 0.533. The van der Waals surface area contributed by atoms with Crippen molar-refractivity contribution in [1.82, 2.24) is 0 Å². The Bertz CT molecular complexity index is 388. The van der Waals surface area contributed by atoms with Crippen molar-refractivity contribution in [3.63, 3.8) is 0 Å². The molecule has 0 aliphatic carbocycles. The number of esters is 1. The van der Waals surface area contributed by atoms with Gasteiger partial charge in [0.2, 0.25) is 0 Å². The lowest BCUT2D eigenvalue weighted by Gasteiger charge is -2.13. The molecule has 1 fully saturated rings. The number of hydrogen-bond acceptors (Lipinski definition) is 3. The number of rotatable bonds is 4. The smallest absolute Gasteiger partial charge is 0.338 e. The normalized spacial score (nSPS) is 27.1. The van der Waals surface area contributed by atoms with E-state index in [1.807, 2.05) is 18.2 Å². The summed E-state index contributed by atoms with van der Waals surface area (Å²) in [6.45, 7) is 4.67. The third kappa shape index (κ3) is 3.10. The summed E-state index contributed by atoms with van der Waals surface area (Å²) in [6.07, 6.45) is 2.35. The third-order valence-corrected chi connectivity index (χ3v) is 3.45. The minimum Gasteiger partial charge on any atom is -0.459 e. The van der Waals surface area contributed by atoms with Crippen LogP contribution in [0.25, 0.3) is 0 Å². The fourth-order valence-corrected chi connectivity index (χ4v) is 2.44. The molecule has 1 saturated heterocycles. The van der Waals surface area contributed by atoms with Crippen molar-refractivity contribution in [2.75, 3.05) is 6.61 Å². The molecule has 0 amide bonds. The van der Waals surface area contributed by atoms with Crippen molar-refractivity contribution >= 4 is 5.97 Å². The lowest BCUT2D eigenvalue weighted by atomic mass is 10.0. The second kappa shape index (κ2) is 6.01. The lowest BCUT2D eigenvalue weighted by molar-refractivity contribution is -0.0115. The fourth-order valence-electron chi connectivity index (χ4n) is 2.44. The van der Waals surface area contributed by atoms with Crippen LogP contribution in [0.2, 0.25) is 0 Å². The second-order valence-corrected chi connectivity index (χ2v) is 4.88. The van der Waals surface area contributed by atoms with Crippen LogP contribution in [0.5, 0.6) is 0 Å². The van der Waals surface area contributed by atoms with E-state index in [4.69, 9.17) is 9.47 Å². The first-order chi connectivity index (χ1) is 8.70. The molecule has 98 valence electrons. The minimum atomic E-state index is -0.271. The maximum absolute atomic E-state index is 11.8. The quantitative estimate of drug-likeness (QED) is 0.768. The number of hydrogen-bond donors (Lipinski definition) is 0. The van der Waals surface area contributed by atoms with Crippen molar-refractivity contribution in [2.24, 2.45) is 5.92 Å². The van der Waals surface area contributed by atoms with Crippen molar-refractivity contribution in [1.29, 1.82) is 0 Å². The van der Waals surface area contributed by atoms with E-state index in [0.29, 0.717) is 24.2 Å². The Kier molecular flexibility index (Phi) is 4.37. The van der Waals surface area contributed by atoms with E-state index in [1.165, 1.54) is 0 Å². The van der Waals surface area contributed by atoms with Gasteiger partial charge in [0.1, 0.15) is 6.61 Å². The number of carbonyl (C=O) groups is 1. The minimum absolute atomic E-state index is 0.0533. The molecule has 0 bridgehead atoms. The molecule has 0 radical (unpaired) electrons. The van der Waals surface area contributed by atoms with Crippen LogP contribution in [0.3, 0.4) is 0 Å². The molecule has 3 atom stereocenters. The Morgan fingerprint density at radius 3 is 2.72 bits per heavy atom. The first-order valence-corrected chi connectivity index (χ1v) is 6.58. The Morgan fingerprint density at radius 2 is 2.11 bits per heavy atom. The molecule has 3 nitrogen and oxygen atoms in total. The van der Waals surface area contributed by atoms with Gasteiger partial charge in [-0.25, -0.2) is 4.79 Å². The van der Waals surface area contributed by atoms with Crippen LogP contribution >= 0.6 is 0 Å². The first kappa shape index (κ1) is 13.1. The highest BCUT2D eigenvalue weighted by molar-refractivity contribution is 5.89. The average molecular weight is 248 g/mol. The van der Waals surface area contributed by atoms with E-state index in [0.717, 1.165) is 12.8 Å². The van der Waals surface area contributed by atoms with Gasteiger partial charge in [-0.2, -0.15) is 0 Å². The summed E-state index contributed by atoms with van der Waals surface area (Å²) in [5.74, 6) is 0.280. The third-order valence-electron chi connectivity index (χ3n) is 3.45. The van der Waals surface area contributed by atoms with E-state index >= 15 is 0 Å². The van der Waals surface area contributed by atoms with Crippen molar-refractivity contribution in [2.45, 2.75) is 38.9 Å². The standard InChI is InChI=1S/C15H20O3/c1-3-14-11(2)9-13(18-14)10-17-15(16)12-7-5-4-6-8-12/h4-8,11,13-14H,3,9-10H2,1-2H3. The molecule has 3 heteroatoms. The zero-order valence-electron chi connectivity index (χ0n) is 11.0. The molecule has 1 aliphatic heterocycles. The van der Waals surface area contributed by atoms with E-state index in [1.54, 1.807) is 12.1 Å². The summed E-state index contributed by atoms with van der Waals surface area (Å²) in [5.41, 5.74) is 0.593. The Hall–Kier alpha value is -1.35. The van der Waals surface area contributed by atoms with Gasteiger partial charge < -0.3 is 9.47 Å². The predicted molar refractivity (Wildman–Crippen MR) is 69.5 cm³/mol. The SMILES string of the molecule is CCC1OC(COC(=O)c2ccccc2)CC1C. The van der Waals surface area contributed by atoms with Crippen LogP contribution in [0, 0.1) is 5.92 Å². The summed E-state index contributed by atoms with van der Waals surface area (Å²) in [6, 6.07) is 9.06. The Balaban J connectivity index is 1.81. The summed E-state index contributed by atoms with van der Waals surface area (Å²) in [5, 5.41) is 0. The molecule has 0 N–H and O–H groups in total. The van der Waals surface area contributed by atoms with E-state index < -0.39 is 0 Å². The molecule has 2 rings (SSSR count). The second-order valence-electron chi connectivity index (χ2n) is 4.88. The maximum Gasteiger partial charge on any atom is 0.338 e. The van der Waals surface area contributed by atoms with Gasteiger partial charge in [-0.15, -0.1) is 0 Å². The topological polar surface area (TPSA) is 35.5 Å². The lowest BCUT2D eigenvalue weighted by Crippen LogP contribution is -2.19. The molecular weight excluding hydrogens is 228 g/mol. The van der Waals surface area contributed by atoms with Gasteiger partial charge in [-0.3, -0.25) is 0 Å². The van der Waals surface area contributed by atoms with Crippen LogP contribution in [-0.4, -0.2) is 24.8 Å². The summed E-state index contributed by atoms with van der Waals surface area (Å²) < 4.78 is 11.1. The summed E-state index contributed by atoms with van der Waals surface area (Å²) in [4.78, 5) is 11.8. The highest BCUT2D eigenvalue weighted by atomic mass is 16.6. The zero-order chi connectivity index (χ0) is 13.0. The van der Waals surface area contributed by atoms with Gasteiger partial charge in [0.05, 0.1) is 17.8 Å². The van der Waals surface area contributed by atoms with Crippen molar-refractivity contribution < 1.29 is 14.3 Å². The molecule has 3 unspecified atom stereocenters. The molecule has 0 spiro atoms. The molecule has 0 aromatic heterocycles. The maximum atomic E-state index is 11.8. The molecule has 1 aromatic rings. The molecule has 1 aromatic carbocycles. The van der Waals surface area contributed by atoms with E-state index in [-0.39, 0.29) is 12.1 Å². The number of carbonyl (C=O) groups excluding carboxylic acids is 1. The average Bonchev–Trinajstić information content (AvgIpc) is 2.77. The first-order valence-electron chi connectivity index (χ1n) is 6.58. The largest absolute Gasteiger partial charge is 0.459 e. The van der Waals surface area contributed by atoms with E-state index in [9.17, 15) is 4.79 Å². The molecule has 18 heavy (non-hydrogen) atoms. The van der Waals surface area contributed by atoms with Crippen molar-refractivity contribution in [3.8, 4) is 0 Å². The van der Waals surface area contributed by atoms with E-state index in [2.05, 4.69) is 13.8 Å². The number of ether oxygens (including phenoxy) is 2. The number of benzene rings is 1. The van der Waals surface area contributed by atoms with Gasteiger partial charge in [0.15, 0.2) is 0 Å². The highest BCUT2D eigenvalue weighted by Crippen LogP contribution is 2.28.